The standard InChI is InChI=1S/C22H22ClN3O4/c1-2-10-26(14-20-24-25-21(30-20)16-6-3-4-7-17(16)23)22(27)15-8-9-18-19(13-15)29-12-5-11-28-18/h3-4,6-9,13H,2,5,10-12,14H2,1H3. The van der Waals surface area contributed by atoms with Gasteiger partial charge in [-0.3, -0.25) is 4.79 Å². The largest absolute Gasteiger partial charge is 0.490 e. The van der Waals surface area contributed by atoms with Crippen LogP contribution in [0.25, 0.3) is 11.5 Å². The van der Waals surface area contributed by atoms with Crippen molar-refractivity contribution in [2.75, 3.05) is 19.8 Å². The molecule has 1 aliphatic rings. The van der Waals surface area contributed by atoms with Gasteiger partial charge in [0.2, 0.25) is 11.8 Å². The van der Waals surface area contributed by atoms with Crippen LogP contribution in [0.4, 0.5) is 0 Å². The van der Waals surface area contributed by atoms with Crippen LogP contribution in [0.3, 0.4) is 0 Å². The fraction of sp³-hybridized carbons (Fsp3) is 0.318. The van der Waals surface area contributed by atoms with Crippen LogP contribution in [-0.4, -0.2) is 40.8 Å². The number of carbonyl (C=O) groups excluding carboxylic acids is 1. The maximum atomic E-state index is 13.2. The van der Waals surface area contributed by atoms with Gasteiger partial charge in [0.05, 0.1) is 30.3 Å². The van der Waals surface area contributed by atoms with E-state index in [-0.39, 0.29) is 12.5 Å². The van der Waals surface area contributed by atoms with E-state index in [2.05, 4.69) is 10.2 Å². The van der Waals surface area contributed by atoms with Crippen LogP contribution >= 0.6 is 11.6 Å². The second-order valence-electron chi connectivity index (χ2n) is 6.92. The molecule has 0 saturated carbocycles. The molecule has 2 aromatic carbocycles. The summed E-state index contributed by atoms with van der Waals surface area (Å²) in [4.78, 5) is 14.8. The summed E-state index contributed by atoms with van der Waals surface area (Å²) < 4.78 is 17.1. The van der Waals surface area contributed by atoms with Gasteiger partial charge >= 0.3 is 0 Å². The first-order valence-corrected chi connectivity index (χ1v) is 10.3. The number of fused-ring (bicyclic) bond motifs is 1. The zero-order valence-electron chi connectivity index (χ0n) is 16.6. The van der Waals surface area contributed by atoms with Crippen LogP contribution < -0.4 is 9.47 Å². The summed E-state index contributed by atoms with van der Waals surface area (Å²) in [5.74, 6) is 1.79. The van der Waals surface area contributed by atoms with Gasteiger partial charge in [0.25, 0.3) is 5.91 Å². The van der Waals surface area contributed by atoms with Crippen LogP contribution in [0.15, 0.2) is 46.9 Å². The Hall–Kier alpha value is -3.06. The molecule has 2 heterocycles. The third-order valence-electron chi connectivity index (χ3n) is 4.67. The first kappa shape index (κ1) is 20.2. The monoisotopic (exact) mass is 427 g/mol. The van der Waals surface area contributed by atoms with Gasteiger partial charge in [-0.05, 0) is 36.8 Å². The summed E-state index contributed by atoms with van der Waals surface area (Å²) in [6, 6.07) is 12.5. The minimum Gasteiger partial charge on any atom is -0.490 e. The summed E-state index contributed by atoms with van der Waals surface area (Å²) in [5, 5.41) is 8.71. The minimum atomic E-state index is -0.134. The van der Waals surface area contributed by atoms with Crippen LogP contribution in [-0.2, 0) is 6.54 Å². The van der Waals surface area contributed by atoms with Gasteiger partial charge in [0.1, 0.15) is 0 Å². The summed E-state index contributed by atoms with van der Waals surface area (Å²) in [5.41, 5.74) is 1.19. The number of hydrogen-bond acceptors (Lipinski definition) is 6. The highest BCUT2D eigenvalue weighted by molar-refractivity contribution is 6.33. The topological polar surface area (TPSA) is 77.7 Å². The molecule has 3 aromatic rings. The summed E-state index contributed by atoms with van der Waals surface area (Å²) in [7, 11) is 0. The number of nitrogens with zero attached hydrogens (tertiary/aromatic N) is 3. The average molecular weight is 428 g/mol. The second kappa shape index (κ2) is 9.17. The first-order chi connectivity index (χ1) is 14.7. The van der Waals surface area contributed by atoms with Gasteiger partial charge in [-0.25, -0.2) is 0 Å². The molecule has 1 aromatic heterocycles. The van der Waals surface area contributed by atoms with Crippen LogP contribution in [0.2, 0.25) is 5.02 Å². The van der Waals surface area contributed by atoms with E-state index in [0.29, 0.717) is 59.2 Å². The third-order valence-corrected chi connectivity index (χ3v) is 5.00. The van der Waals surface area contributed by atoms with Gasteiger partial charge in [-0.15, -0.1) is 10.2 Å². The zero-order chi connectivity index (χ0) is 20.9. The molecule has 0 N–H and O–H groups in total. The molecular weight excluding hydrogens is 406 g/mol. The Balaban J connectivity index is 1.54. The smallest absolute Gasteiger partial charge is 0.254 e. The molecule has 1 aliphatic heterocycles. The highest BCUT2D eigenvalue weighted by Gasteiger charge is 2.21. The van der Waals surface area contributed by atoms with Crippen LogP contribution in [0.5, 0.6) is 11.5 Å². The highest BCUT2D eigenvalue weighted by atomic mass is 35.5. The molecule has 0 aliphatic carbocycles. The Bertz CT molecular complexity index is 1040. The molecule has 0 atom stereocenters. The Kier molecular flexibility index (Phi) is 6.18. The SMILES string of the molecule is CCCN(Cc1nnc(-c2ccccc2Cl)o1)C(=O)c1ccc2c(c1)OCCCO2. The molecule has 1 amide bonds. The van der Waals surface area contributed by atoms with Crippen molar-refractivity contribution in [1.82, 2.24) is 15.1 Å². The maximum absolute atomic E-state index is 13.2. The van der Waals surface area contributed by atoms with Crippen molar-refractivity contribution in [1.29, 1.82) is 0 Å². The van der Waals surface area contributed by atoms with E-state index >= 15 is 0 Å². The number of aromatic nitrogens is 2. The number of benzene rings is 2. The molecule has 0 spiro atoms. The van der Waals surface area contributed by atoms with E-state index in [1.165, 1.54) is 0 Å². The lowest BCUT2D eigenvalue weighted by Gasteiger charge is -2.21. The third kappa shape index (κ3) is 4.41. The normalized spacial score (nSPS) is 13.0. The molecule has 8 heteroatoms. The summed E-state index contributed by atoms with van der Waals surface area (Å²) in [6.45, 7) is 3.94. The van der Waals surface area contributed by atoms with Crippen molar-refractivity contribution in [2.24, 2.45) is 0 Å². The predicted molar refractivity (Wildman–Crippen MR) is 112 cm³/mol. The van der Waals surface area contributed by atoms with Crippen LogP contribution in [0.1, 0.15) is 36.0 Å². The fourth-order valence-corrected chi connectivity index (χ4v) is 3.44. The quantitative estimate of drug-likeness (QED) is 0.572. The molecule has 0 radical (unpaired) electrons. The second-order valence-corrected chi connectivity index (χ2v) is 7.33. The van der Waals surface area contributed by atoms with E-state index in [1.54, 1.807) is 29.2 Å². The van der Waals surface area contributed by atoms with Crippen molar-refractivity contribution in [3.63, 3.8) is 0 Å². The van der Waals surface area contributed by atoms with E-state index in [0.717, 1.165) is 12.8 Å². The van der Waals surface area contributed by atoms with E-state index in [4.69, 9.17) is 25.5 Å². The highest BCUT2D eigenvalue weighted by Crippen LogP contribution is 2.31. The van der Waals surface area contributed by atoms with Crippen molar-refractivity contribution < 1.29 is 18.7 Å². The molecule has 0 saturated heterocycles. The molecule has 0 unspecified atom stereocenters. The lowest BCUT2D eigenvalue weighted by Crippen LogP contribution is -2.31. The number of amides is 1. The molecule has 30 heavy (non-hydrogen) atoms. The Morgan fingerprint density at radius 1 is 1.10 bits per heavy atom. The van der Waals surface area contributed by atoms with Crippen molar-refractivity contribution in [3.8, 4) is 23.0 Å². The molecule has 4 rings (SSSR count). The van der Waals surface area contributed by atoms with Gasteiger partial charge < -0.3 is 18.8 Å². The zero-order valence-corrected chi connectivity index (χ0v) is 17.4. The lowest BCUT2D eigenvalue weighted by atomic mass is 10.1. The van der Waals surface area contributed by atoms with E-state index < -0.39 is 0 Å². The van der Waals surface area contributed by atoms with Gasteiger partial charge in [0, 0.05) is 18.5 Å². The molecule has 0 fully saturated rings. The predicted octanol–water partition coefficient (Wildman–Crippen LogP) is 4.60. The summed E-state index contributed by atoms with van der Waals surface area (Å²) in [6.07, 6.45) is 1.60. The van der Waals surface area contributed by atoms with Gasteiger partial charge in [-0.2, -0.15) is 0 Å². The van der Waals surface area contributed by atoms with E-state index in [9.17, 15) is 4.79 Å². The van der Waals surface area contributed by atoms with Gasteiger partial charge in [-0.1, -0.05) is 30.7 Å². The first-order valence-electron chi connectivity index (χ1n) is 9.92. The van der Waals surface area contributed by atoms with Crippen molar-refractivity contribution in [3.05, 3.63) is 58.9 Å². The minimum absolute atomic E-state index is 0.134. The molecule has 0 bridgehead atoms. The Morgan fingerprint density at radius 2 is 1.90 bits per heavy atom. The van der Waals surface area contributed by atoms with Crippen molar-refractivity contribution >= 4 is 17.5 Å². The van der Waals surface area contributed by atoms with Gasteiger partial charge in [0.15, 0.2) is 11.5 Å². The number of ether oxygens (including phenoxy) is 2. The lowest BCUT2D eigenvalue weighted by molar-refractivity contribution is 0.0728. The number of carbonyl (C=O) groups is 1. The van der Waals surface area contributed by atoms with Crippen LogP contribution in [0, 0.1) is 0 Å². The van der Waals surface area contributed by atoms with Crippen molar-refractivity contribution in [2.45, 2.75) is 26.3 Å². The molecule has 156 valence electrons. The number of halogens is 1. The number of rotatable bonds is 6. The summed E-state index contributed by atoms with van der Waals surface area (Å²) >= 11 is 6.21. The Labute approximate surface area is 179 Å². The molecule has 7 nitrogen and oxygen atoms in total. The maximum Gasteiger partial charge on any atom is 0.254 e. The average Bonchev–Trinajstić information content (AvgIpc) is 3.09. The molecular formula is C22H22ClN3O4. The number of hydrogen-bond donors (Lipinski definition) is 0. The van der Waals surface area contributed by atoms with E-state index in [1.807, 2.05) is 25.1 Å². The fourth-order valence-electron chi connectivity index (χ4n) is 3.23. The Morgan fingerprint density at radius 3 is 2.70 bits per heavy atom.